The van der Waals surface area contributed by atoms with Gasteiger partial charge in [0, 0.05) is 17.5 Å². The summed E-state index contributed by atoms with van der Waals surface area (Å²) < 4.78 is 0. The van der Waals surface area contributed by atoms with Crippen LogP contribution in [0, 0.1) is 17.3 Å². The summed E-state index contributed by atoms with van der Waals surface area (Å²) in [5.74, 6) is 1.29. The minimum atomic E-state index is 0.178. The highest BCUT2D eigenvalue weighted by Crippen LogP contribution is 2.67. The molecular formula is C24H32N2S. The van der Waals surface area contributed by atoms with Gasteiger partial charge in [0.05, 0.1) is 4.99 Å². The van der Waals surface area contributed by atoms with Crippen molar-refractivity contribution in [3.05, 3.63) is 48.0 Å². The van der Waals surface area contributed by atoms with Gasteiger partial charge in [-0.05, 0) is 80.6 Å². The van der Waals surface area contributed by atoms with Crippen molar-refractivity contribution in [2.75, 3.05) is 0 Å². The van der Waals surface area contributed by atoms with Gasteiger partial charge >= 0.3 is 0 Å². The quantitative estimate of drug-likeness (QED) is 0.580. The van der Waals surface area contributed by atoms with Crippen LogP contribution in [0.4, 0.5) is 0 Å². The van der Waals surface area contributed by atoms with Gasteiger partial charge in [0.15, 0.2) is 0 Å². The Bertz CT molecular complexity index is 729. The SMILES string of the molecule is C=C1C2CC3(C(=S)NC4CCC(N)CC4)CC1CC(c1ccccc1)(C2)C3. The van der Waals surface area contributed by atoms with E-state index in [0.29, 0.717) is 29.3 Å². The number of thiocarbonyl (C=S) groups is 1. The van der Waals surface area contributed by atoms with Gasteiger partial charge in [-0.1, -0.05) is 54.7 Å². The fraction of sp³-hybridized carbons (Fsp3) is 0.625. The number of benzene rings is 1. The van der Waals surface area contributed by atoms with Gasteiger partial charge in [-0.2, -0.15) is 0 Å². The van der Waals surface area contributed by atoms with Crippen LogP contribution in [0.1, 0.15) is 63.4 Å². The average molecular weight is 381 g/mol. The molecular weight excluding hydrogens is 348 g/mol. The molecule has 0 saturated heterocycles. The molecule has 3 heteroatoms. The second-order valence-corrected chi connectivity index (χ2v) is 10.4. The molecule has 144 valence electrons. The zero-order valence-electron chi connectivity index (χ0n) is 16.3. The van der Waals surface area contributed by atoms with Crippen LogP contribution in [0.5, 0.6) is 0 Å². The molecule has 0 aromatic heterocycles. The van der Waals surface area contributed by atoms with Crippen molar-refractivity contribution in [3.63, 3.8) is 0 Å². The topological polar surface area (TPSA) is 38.0 Å². The van der Waals surface area contributed by atoms with Crippen molar-refractivity contribution in [2.45, 2.75) is 75.3 Å². The monoisotopic (exact) mass is 380 g/mol. The van der Waals surface area contributed by atoms with Gasteiger partial charge in [-0.25, -0.2) is 0 Å². The molecule has 2 unspecified atom stereocenters. The summed E-state index contributed by atoms with van der Waals surface area (Å²) in [5, 5.41) is 3.83. The smallest absolute Gasteiger partial charge is 0.0818 e. The van der Waals surface area contributed by atoms with E-state index in [-0.39, 0.29) is 5.41 Å². The maximum absolute atomic E-state index is 6.12. The fourth-order valence-electron chi connectivity index (χ4n) is 6.99. The maximum atomic E-state index is 6.12. The Morgan fingerprint density at radius 1 is 1.00 bits per heavy atom. The van der Waals surface area contributed by atoms with E-state index < -0.39 is 0 Å². The lowest BCUT2D eigenvalue weighted by Crippen LogP contribution is -2.60. The first-order chi connectivity index (χ1) is 13.0. The Kier molecular flexibility index (Phi) is 4.25. The maximum Gasteiger partial charge on any atom is 0.0818 e. The molecule has 0 heterocycles. The molecule has 2 nitrogen and oxygen atoms in total. The summed E-state index contributed by atoms with van der Waals surface area (Å²) in [6.45, 7) is 4.52. The molecule has 6 rings (SSSR count). The third-order valence-corrected chi connectivity index (χ3v) is 8.80. The van der Waals surface area contributed by atoms with E-state index in [1.165, 1.54) is 56.1 Å². The summed E-state index contributed by atoms with van der Waals surface area (Å²) in [6, 6.07) is 12.2. The first-order valence-corrected chi connectivity index (χ1v) is 11.2. The average Bonchev–Trinajstić information content (AvgIpc) is 2.68. The highest BCUT2D eigenvalue weighted by Gasteiger charge is 2.61. The third kappa shape index (κ3) is 2.89. The molecule has 4 bridgehead atoms. The lowest BCUT2D eigenvalue weighted by molar-refractivity contribution is 0.00615. The zero-order chi connectivity index (χ0) is 18.6. The molecule has 1 aromatic carbocycles. The Morgan fingerprint density at radius 3 is 2.26 bits per heavy atom. The summed E-state index contributed by atoms with van der Waals surface area (Å²) in [7, 11) is 0. The number of hydrogen-bond acceptors (Lipinski definition) is 2. The highest BCUT2D eigenvalue weighted by molar-refractivity contribution is 7.80. The second-order valence-electron chi connectivity index (χ2n) is 9.97. The number of hydrogen-bond donors (Lipinski definition) is 2. The van der Waals surface area contributed by atoms with Crippen LogP contribution in [0.25, 0.3) is 0 Å². The van der Waals surface area contributed by atoms with Crippen molar-refractivity contribution in [1.82, 2.24) is 5.32 Å². The Balaban J connectivity index is 1.42. The number of rotatable bonds is 3. The molecule has 3 N–H and O–H groups in total. The van der Waals surface area contributed by atoms with Gasteiger partial charge in [0.1, 0.15) is 0 Å². The van der Waals surface area contributed by atoms with Crippen LogP contribution in [-0.2, 0) is 5.41 Å². The first-order valence-electron chi connectivity index (χ1n) is 10.8. The summed E-state index contributed by atoms with van der Waals surface area (Å²) in [6.07, 6.45) is 10.8. The van der Waals surface area contributed by atoms with E-state index in [0.717, 1.165) is 17.8 Å². The Hall–Kier alpha value is -1.19. The standard InChI is InChI=1S/C24H32N2S/c1-16-17-11-23(19-5-3-2-4-6-19)12-18(16)14-24(13-17,15-23)22(27)26-21-9-7-20(25)8-10-21/h2-6,17-18,20-21H,1,7-15,25H2,(H,26,27). The third-order valence-electron chi connectivity index (χ3n) is 8.25. The van der Waals surface area contributed by atoms with E-state index >= 15 is 0 Å². The van der Waals surface area contributed by atoms with Crippen molar-refractivity contribution in [1.29, 1.82) is 0 Å². The van der Waals surface area contributed by atoms with Crippen molar-refractivity contribution >= 4 is 17.2 Å². The first kappa shape index (κ1) is 17.9. The highest BCUT2D eigenvalue weighted by atomic mass is 32.1. The van der Waals surface area contributed by atoms with Crippen molar-refractivity contribution < 1.29 is 0 Å². The largest absolute Gasteiger partial charge is 0.376 e. The lowest BCUT2D eigenvalue weighted by Gasteiger charge is -2.63. The van der Waals surface area contributed by atoms with Crippen molar-refractivity contribution in [3.8, 4) is 0 Å². The Labute approximate surface area is 169 Å². The molecule has 0 radical (unpaired) electrons. The van der Waals surface area contributed by atoms with E-state index in [2.05, 4.69) is 42.2 Å². The van der Waals surface area contributed by atoms with Gasteiger partial charge in [0.25, 0.3) is 0 Å². The lowest BCUT2D eigenvalue weighted by atomic mass is 9.41. The normalized spacial score (nSPS) is 42.9. The molecule has 0 aliphatic heterocycles. The molecule has 0 spiro atoms. The van der Waals surface area contributed by atoms with Gasteiger partial charge in [-0.3, -0.25) is 0 Å². The number of nitrogens with two attached hydrogens (primary N) is 1. The van der Waals surface area contributed by atoms with Crippen LogP contribution in [-0.4, -0.2) is 17.1 Å². The number of nitrogens with one attached hydrogen (secondary N) is 1. The van der Waals surface area contributed by atoms with Crippen LogP contribution in [0.15, 0.2) is 42.5 Å². The van der Waals surface area contributed by atoms with Gasteiger partial charge < -0.3 is 11.1 Å². The minimum absolute atomic E-state index is 0.178. The van der Waals surface area contributed by atoms with E-state index in [4.69, 9.17) is 18.0 Å². The molecule has 5 saturated carbocycles. The molecule has 2 atom stereocenters. The number of allylic oxidation sites excluding steroid dienone is 1. The fourth-order valence-corrected chi connectivity index (χ4v) is 7.39. The zero-order valence-corrected chi connectivity index (χ0v) is 17.1. The molecule has 0 amide bonds. The van der Waals surface area contributed by atoms with Gasteiger partial charge in [0.2, 0.25) is 0 Å². The molecule has 1 aromatic rings. The summed E-state index contributed by atoms with van der Waals surface area (Å²) >= 11 is 6.12. The second kappa shape index (κ2) is 6.42. The molecule has 5 aliphatic rings. The molecule has 5 fully saturated rings. The van der Waals surface area contributed by atoms with E-state index in [1.54, 1.807) is 0 Å². The van der Waals surface area contributed by atoms with Crippen LogP contribution < -0.4 is 11.1 Å². The summed E-state index contributed by atoms with van der Waals surface area (Å²) in [5.41, 5.74) is 9.63. The predicted octanol–water partition coefficient (Wildman–Crippen LogP) is 4.88. The van der Waals surface area contributed by atoms with Crippen LogP contribution in [0.2, 0.25) is 0 Å². The molecule has 27 heavy (non-hydrogen) atoms. The van der Waals surface area contributed by atoms with E-state index in [9.17, 15) is 0 Å². The van der Waals surface area contributed by atoms with E-state index in [1.807, 2.05) is 0 Å². The minimum Gasteiger partial charge on any atom is -0.376 e. The van der Waals surface area contributed by atoms with Crippen LogP contribution >= 0.6 is 12.2 Å². The Morgan fingerprint density at radius 2 is 1.63 bits per heavy atom. The summed E-state index contributed by atoms with van der Waals surface area (Å²) in [4.78, 5) is 1.16. The predicted molar refractivity (Wildman–Crippen MR) is 116 cm³/mol. The van der Waals surface area contributed by atoms with Crippen molar-refractivity contribution in [2.24, 2.45) is 23.0 Å². The van der Waals surface area contributed by atoms with Crippen LogP contribution in [0.3, 0.4) is 0 Å². The molecule has 5 aliphatic carbocycles. The van der Waals surface area contributed by atoms with Gasteiger partial charge in [-0.15, -0.1) is 0 Å².